The van der Waals surface area contributed by atoms with E-state index >= 15 is 0 Å². The molecule has 14 heteroatoms. The maximum absolute atomic E-state index is 13.7. The van der Waals surface area contributed by atoms with Crippen LogP contribution in [0.5, 0.6) is 0 Å². The molecule has 0 bridgehead atoms. The first kappa shape index (κ1) is 37.0. The van der Waals surface area contributed by atoms with E-state index in [2.05, 4.69) is 21.3 Å². The lowest BCUT2D eigenvalue weighted by Gasteiger charge is -2.28. The molecular formula is C35H46N6O8. The fraction of sp³-hybridized carbons (Fsp3) is 0.486. The van der Waals surface area contributed by atoms with Crippen LogP contribution < -0.4 is 27.0 Å². The van der Waals surface area contributed by atoms with Crippen LogP contribution in [0.2, 0.25) is 0 Å². The number of aliphatic carboxylic acids is 1. The fourth-order valence-corrected chi connectivity index (χ4v) is 5.98. The Balaban J connectivity index is 1.44. The van der Waals surface area contributed by atoms with E-state index in [4.69, 9.17) is 10.5 Å². The maximum Gasteiger partial charge on any atom is 0.326 e. The van der Waals surface area contributed by atoms with Crippen LogP contribution in [0.1, 0.15) is 56.6 Å². The van der Waals surface area contributed by atoms with E-state index in [9.17, 15) is 33.9 Å². The van der Waals surface area contributed by atoms with Crippen molar-refractivity contribution in [2.24, 2.45) is 5.73 Å². The van der Waals surface area contributed by atoms with Gasteiger partial charge in [-0.05, 0) is 50.3 Å². The summed E-state index contributed by atoms with van der Waals surface area (Å²) in [6.07, 6.45) is 1.59. The zero-order valence-electron chi connectivity index (χ0n) is 27.6. The Labute approximate surface area is 285 Å². The Morgan fingerprint density at radius 1 is 0.939 bits per heavy atom. The van der Waals surface area contributed by atoms with Crippen molar-refractivity contribution in [3.05, 3.63) is 71.8 Å². The molecule has 14 nitrogen and oxygen atoms in total. The molecule has 49 heavy (non-hydrogen) atoms. The van der Waals surface area contributed by atoms with Gasteiger partial charge in [-0.3, -0.25) is 24.0 Å². The van der Waals surface area contributed by atoms with Gasteiger partial charge in [-0.15, -0.1) is 0 Å². The van der Waals surface area contributed by atoms with Gasteiger partial charge < -0.3 is 41.7 Å². The normalized spacial score (nSPS) is 20.5. The van der Waals surface area contributed by atoms with E-state index in [0.29, 0.717) is 25.8 Å². The molecular weight excluding hydrogens is 632 g/mol. The number of carboxylic acids is 1. The van der Waals surface area contributed by atoms with Crippen LogP contribution in [-0.4, -0.2) is 94.9 Å². The molecule has 2 aromatic carbocycles. The summed E-state index contributed by atoms with van der Waals surface area (Å²) in [4.78, 5) is 78.8. The summed E-state index contributed by atoms with van der Waals surface area (Å²) in [5.74, 6) is -3.77. The van der Waals surface area contributed by atoms with Gasteiger partial charge in [0.05, 0.1) is 12.7 Å². The predicted molar refractivity (Wildman–Crippen MR) is 178 cm³/mol. The second kappa shape index (κ2) is 18.1. The minimum atomic E-state index is -1.17. The van der Waals surface area contributed by atoms with Gasteiger partial charge in [0, 0.05) is 25.8 Å². The predicted octanol–water partition coefficient (Wildman–Crippen LogP) is 0.382. The highest BCUT2D eigenvalue weighted by Crippen LogP contribution is 2.23. The highest BCUT2D eigenvalue weighted by atomic mass is 16.5. The quantitative estimate of drug-likeness (QED) is 0.128. The lowest BCUT2D eigenvalue weighted by atomic mass is 10.0. The minimum absolute atomic E-state index is 0.0403. The Bertz CT molecular complexity index is 1460. The average molecular weight is 679 g/mol. The molecule has 2 aliphatic heterocycles. The third kappa shape index (κ3) is 10.8. The molecule has 0 radical (unpaired) electrons. The Morgan fingerprint density at radius 3 is 2.20 bits per heavy atom. The zero-order chi connectivity index (χ0) is 35.3. The Kier molecular flexibility index (Phi) is 13.7. The smallest absolute Gasteiger partial charge is 0.326 e. The molecule has 6 atom stereocenters. The SMILES string of the molecule is C[C@H](NC(=O)[C@H](Cc1ccccc1)NC(=O)[C@H](CCCCN)NC(=O)[C@@H]1CCC(=O)N1)C(=O)N1CC(OCc2ccccc2)C[C@H]1C(=O)O. The number of carbonyl (C=O) groups excluding carboxylic acids is 5. The number of rotatable bonds is 17. The van der Waals surface area contributed by atoms with Gasteiger partial charge in [0.15, 0.2) is 0 Å². The van der Waals surface area contributed by atoms with Gasteiger partial charge in [-0.25, -0.2) is 4.79 Å². The molecule has 4 rings (SSSR count). The van der Waals surface area contributed by atoms with Crippen LogP contribution in [0.4, 0.5) is 0 Å². The summed E-state index contributed by atoms with van der Waals surface area (Å²) in [5, 5.41) is 20.6. The summed E-state index contributed by atoms with van der Waals surface area (Å²) in [5.41, 5.74) is 7.30. The number of unbranched alkanes of at least 4 members (excludes halogenated alkanes) is 1. The molecule has 1 unspecified atom stereocenters. The van der Waals surface area contributed by atoms with Crippen LogP contribution in [0.25, 0.3) is 0 Å². The number of benzene rings is 2. The summed E-state index contributed by atoms with van der Waals surface area (Å²) in [6.45, 7) is 2.16. The van der Waals surface area contributed by atoms with Gasteiger partial charge in [0.1, 0.15) is 30.2 Å². The van der Waals surface area contributed by atoms with Crippen LogP contribution >= 0.6 is 0 Å². The second-order valence-electron chi connectivity index (χ2n) is 12.5. The standard InChI is InChI=1S/C35H46N6O8/c1-22(34(46)41-20-25(19-29(41)35(47)48)49-21-24-12-6-3-7-13-24)37-33(45)28(18-23-10-4-2-5-11-23)40-31(43)26(14-8-9-17-36)39-32(44)27-15-16-30(42)38-27/h2-7,10-13,22,25-29H,8-9,14-21,36H2,1H3,(H,37,45)(H,38,42)(H,39,44)(H,40,43)(H,47,48)/t22-,25?,26-,27-,28-,29-/m0/s1. The number of nitrogens with one attached hydrogen (secondary N) is 4. The number of nitrogens with two attached hydrogens (primary N) is 1. The first-order valence-corrected chi connectivity index (χ1v) is 16.7. The van der Waals surface area contributed by atoms with Crippen LogP contribution in [0, 0.1) is 0 Å². The monoisotopic (exact) mass is 678 g/mol. The molecule has 0 aromatic heterocycles. The molecule has 0 saturated carbocycles. The topological polar surface area (TPSA) is 209 Å². The molecule has 0 spiro atoms. The number of carbonyl (C=O) groups is 6. The van der Waals surface area contributed by atoms with E-state index < -0.39 is 65.9 Å². The van der Waals surface area contributed by atoms with E-state index in [-0.39, 0.29) is 44.7 Å². The van der Waals surface area contributed by atoms with Gasteiger partial charge in [-0.1, -0.05) is 60.7 Å². The van der Waals surface area contributed by atoms with E-state index in [1.807, 2.05) is 36.4 Å². The number of carboxylic acid groups (broad SMARTS) is 1. The highest BCUT2D eigenvalue weighted by molar-refractivity contribution is 5.96. The van der Waals surface area contributed by atoms with Crippen molar-refractivity contribution in [1.29, 1.82) is 0 Å². The first-order valence-electron chi connectivity index (χ1n) is 16.7. The third-order valence-electron chi connectivity index (χ3n) is 8.70. The third-order valence-corrected chi connectivity index (χ3v) is 8.70. The van der Waals surface area contributed by atoms with Gasteiger partial charge in [0.25, 0.3) is 0 Å². The molecule has 0 aliphatic carbocycles. The Morgan fingerprint density at radius 2 is 1.59 bits per heavy atom. The molecule has 2 saturated heterocycles. The van der Waals surface area contributed by atoms with Crippen molar-refractivity contribution in [3.8, 4) is 0 Å². The second-order valence-corrected chi connectivity index (χ2v) is 12.5. The van der Waals surface area contributed by atoms with E-state index in [1.54, 1.807) is 24.3 Å². The molecule has 5 amide bonds. The molecule has 2 heterocycles. The van der Waals surface area contributed by atoms with Gasteiger partial charge >= 0.3 is 5.97 Å². The van der Waals surface area contributed by atoms with Crippen molar-refractivity contribution in [2.45, 2.75) is 94.8 Å². The van der Waals surface area contributed by atoms with E-state index in [1.165, 1.54) is 11.8 Å². The number of ether oxygens (including phenoxy) is 1. The molecule has 2 fully saturated rings. The summed E-state index contributed by atoms with van der Waals surface area (Å²) in [6, 6.07) is 13.2. The van der Waals surface area contributed by atoms with Crippen LogP contribution in [-0.2, 0) is 46.5 Å². The van der Waals surface area contributed by atoms with Crippen LogP contribution in [0.15, 0.2) is 60.7 Å². The van der Waals surface area contributed by atoms with Crippen LogP contribution in [0.3, 0.4) is 0 Å². The minimum Gasteiger partial charge on any atom is -0.480 e. The number of hydrogen-bond donors (Lipinski definition) is 6. The van der Waals surface area contributed by atoms with E-state index in [0.717, 1.165) is 11.1 Å². The average Bonchev–Trinajstić information content (AvgIpc) is 3.74. The van der Waals surface area contributed by atoms with Crippen molar-refractivity contribution in [3.63, 3.8) is 0 Å². The van der Waals surface area contributed by atoms with Gasteiger partial charge in [-0.2, -0.15) is 0 Å². The highest BCUT2D eigenvalue weighted by Gasteiger charge is 2.42. The van der Waals surface area contributed by atoms with Crippen molar-refractivity contribution < 1.29 is 38.6 Å². The zero-order valence-corrected chi connectivity index (χ0v) is 27.6. The Hall–Kier alpha value is -4.82. The number of hydrogen-bond acceptors (Lipinski definition) is 8. The first-order chi connectivity index (χ1) is 23.5. The van der Waals surface area contributed by atoms with Crippen molar-refractivity contribution >= 4 is 35.5 Å². The number of amides is 5. The fourth-order valence-electron chi connectivity index (χ4n) is 5.98. The largest absolute Gasteiger partial charge is 0.480 e. The molecule has 7 N–H and O–H groups in total. The lowest BCUT2D eigenvalue weighted by Crippen LogP contribution is -2.58. The number of nitrogens with zero attached hydrogens (tertiary/aromatic N) is 1. The maximum atomic E-state index is 13.7. The summed E-state index contributed by atoms with van der Waals surface area (Å²) < 4.78 is 5.93. The summed E-state index contributed by atoms with van der Waals surface area (Å²) >= 11 is 0. The summed E-state index contributed by atoms with van der Waals surface area (Å²) in [7, 11) is 0. The van der Waals surface area contributed by atoms with Gasteiger partial charge in [0.2, 0.25) is 29.5 Å². The van der Waals surface area contributed by atoms with Crippen molar-refractivity contribution in [1.82, 2.24) is 26.2 Å². The number of likely N-dealkylation sites (tertiary alicyclic amines) is 1. The molecule has 2 aromatic rings. The molecule has 2 aliphatic rings. The lowest BCUT2D eigenvalue weighted by molar-refractivity contribution is -0.149. The van der Waals surface area contributed by atoms with Crippen molar-refractivity contribution in [2.75, 3.05) is 13.1 Å². The molecule has 264 valence electrons.